The Labute approximate surface area is 151 Å². The smallest absolute Gasteiger partial charge is 0.293 e. The molecule has 2 heterocycles. The van der Waals surface area contributed by atoms with Crippen molar-refractivity contribution in [3.63, 3.8) is 0 Å². The first-order valence-corrected chi connectivity index (χ1v) is 8.83. The third-order valence-electron chi connectivity index (χ3n) is 4.22. The van der Waals surface area contributed by atoms with E-state index in [1.807, 2.05) is 35.0 Å². The first kappa shape index (κ1) is 17.8. The molecule has 0 bridgehead atoms. The van der Waals surface area contributed by atoms with Crippen molar-refractivity contribution in [3.8, 4) is 0 Å². The summed E-state index contributed by atoms with van der Waals surface area (Å²) in [7, 11) is 0. The molecule has 0 aliphatic rings. The van der Waals surface area contributed by atoms with E-state index in [9.17, 15) is 9.59 Å². The van der Waals surface area contributed by atoms with Crippen LogP contribution in [0.2, 0.25) is 0 Å². The summed E-state index contributed by atoms with van der Waals surface area (Å²) in [5, 5.41) is 4.63. The van der Waals surface area contributed by atoms with Crippen molar-refractivity contribution in [2.24, 2.45) is 0 Å². The zero-order valence-corrected chi connectivity index (χ0v) is 15.1. The molecule has 3 aromatic rings. The topological polar surface area (TPSA) is 85.6 Å². The number of nitrogens with zero attached hydrogens (tertiary/aromatic N) is 4. The molecule has 0 amide bonds. The second kappa shape index (κ2) is 7.95. The van der Waals surface area contributed by atoms with E-state index < -0.39 is 5.69 Å². The maximum Gasteiger partial charge on any atom is 0.328 e. The van der Waals surface area contributed by atoms with Crippen molar-refractivity contribution >= 4 is 0 Å². The molecule has 0 atom stereocenters. The standard InChI is InChI=1S/C19H23N5O2/c1-3-4-10-16-20-17(13-23-11-14(2)18(25)21-19(23)26)24(22-16)12-15-8-6-5-7-9-15/h5-9,11H,3-4,10,12-13H2,1-2H3,(H,21,25,26). The minimum atomic E-state index is -0.440. The van der Waals surface area contributed by atoms with Crippen molar-refractivity contribution in [1.82, 2.24) is 24.3 Å². The molecule has 136 valence electrons. The SMILES string of the molecule is CCCCc1nc(Cn2cc(C)c(=O)[nH]c2=O)n(Cc2ccccc2)n1. The molecule has 0 fully saturated rings. The van der Waals surface area contributed by atoms with Crippen LogP contribution in [0.1, 0.15) is 42.5 Å². The van der Waals surface area contributed by atoms with E-state index in [0.717, 1.165) is 30.7 Å². The van der Waals surface area contributed by atoms with Crippen LogP contribution >= 0.6 is 0 Å². The summed E-state index contributed by atoms with van der Waals surface area (Å²) in [6.07, 6.45) is 4.47. The average molecular weight is 353 g/mol. The van der Waals surface area contributed by atoms with Gasteiger partial charge in [-0.2, -0.15) is 5.10 Å². The van der Waals surface area contributed by atoms with Crippen LogP contribution in [0, 0.1) is 6.92 Å². The average Bonchev–Trinajstić information content (AvgIpc) is 3.00. The summed E-state index contributed by atoms with van der Waals surface area (Å²) in [6.45, 7) is 4.66. The van der Waals surface area contributed by atoms with Gasteiger partial charge in [-0.1, -0.05) is 43.7 Å². The van der Waals surface area contributed by atoms with E-state index in [-0.39, 0.29) is 12.1 Å². The second-order valence-electron chi connectivity index (χ2n) is 6.39. The van der Waals surface area contributed by atoms with Crippen molar-refractivity contribution < 1.29 is 0 Å². The van der Waals surface area contributed by atoms with Gasteiger partial charge in [0.15, 0.2) is 5.82 Å². The minimum Gasteiger partial charge on any atom is -0.293 e. The Balaban J connectivity index is 1.93. The Morgan fingerprint density at radius 2 is 1.88 bits per heavy atom. The van der Waals surface area contributed by atoms with Gasteiger partial charge in [-0.3, -0.25) is 14.3 Å². The van der Waals surface area contributed by atoms with Gasteiger partial charge in [-0.05, 0) is 18.9 Å². The monoisotopic (exact) mass is 353 g/mol. The summed E-state index contributed by atoms with van der Waals surface area (Å²) < 4.78 is 3.30. The Bertz CT molecular complexity index is 985. The van der Waals surface area contributed by atoms with E-state index in [2.05, 4.69) is 22.0 Å². The molecule has 0 aliphatic heterocycles. The van der Waals surface area contributed by atoms with Crippen molar-refractivity contribution in [2.75, 3.05) is 0 Å². The number of hydrogen-bond donors (Lipinski definition) is 1. The van der Waals surface area contributed by atoms with Crippen LogP contribution in [0.5, 0.6) is 0 Å². The summed E-state index contributed by atoms with van der Waals surface area (Å²) in [5.74, 6) is 1.49. The van der Waals surface area contributed by atoms with Gasteiger partial charge < -0.3 is 0 Å². The highest BCUT2D eigenvalue weighted by Gasteiger charge is 2.12. The van der Waals surface area contributed by atoms with Crippen LogP contribution in [0.4, 0.5) is 0 Å². The Morgan fingerprint density at radius 1 is 1.12 bits per heavy atom. The predicted octanol–water partition coefficient (Wildman–Crippen LogP) is 1.88. The highest BCUT2D eigenvalue weighted by Crippen LogP contribution is 2.08. The van der Waals surface area contributed by atoms with E-state index in [0.29, 0.717) is 17.9 Å². The Kier molecular flexibility index (Phi) is 5.46. The van der Waals surface area contributed by atoms with Crippen LogP contribution in [0.25, 0.3) is 0 Å². The third kappa shape index (κ3) is 4.17. The molecular weight excluding hydrogens is 330 g/mol. The lowest BCUT2D eigenvalue weighted by atomic mass is 10.2. The number of benzene rings is 1. The zero-order chi connectivity index (χ0) is 18.5. The molecule has 3 rings (SSSR count). The van der Waals surface area contributed by atoms with Crippen LogP contribution in [0.3, 0.4) is 0 Å². The molecule has 0 radical (unpaired) electrons. The molecule has 2 aromatic heterocycles. The minimum absolute atomic E-state index is 0.266. The lowest BCUT2D eigenvalue weighted by Crippen LogP contribution is -2.31. The van der Waals surface area contributed by atoms with Gasteiger partial charge in [-0.15, -0.1) is 0 Å². The second-order valence-corrected chi connectivity index (χ2v) is 6.39. The first-order valence-electron chi connectivity index (χ1n) is 8.83. The van der Waals surface area contributed by atoms with Crippen molar-refractivity contribution in [1.29, 1.82) is 0 Å². The third-order valence-corrected chi connectivity index (χ3v) is 4.22. The van der Waals surface area contributed by atoms with E-state index in [4.69, 9.17) is 0 Å². The molecule has 0 aliphatic carbocycles. The Hall–Kier alpha value is -2.96. The van der Waals surface area contributed by atoms with E-state index in [1.54, 1.807) is 13.1 Å². The number of aryl methyl sites for hydroxylation is 2. The number of aromatic amines is 1. The van der Waals surface area contributed by atoms with Crippen LogP contribution in [0.15, 0.2) is 46.1 Å². The van der Waals surface area contributed by atoms with Gasteiger partial charge in [0.05, 0.1) is 13.1 Å². The molecule has 0 saturated carbocycles. The summed E-state index contributed by atoms with van der Waals surface area (Å²) in [5.41, 5.74) is 0.807. The summed E-state index contributed by atoms with van der Waals surface area (Å²) >= 11 is 0. The predicted molar refractivity (Wildman–Crippen MR) is 99.3 cm³/mol. The number of H-pyrrole nitrogens is 1. The zero-order valence-electron chi connectivity index (χ0n) is 15.1. The number of unbranched alkanes of at least 4 members (excludes halogenated alkanes) is 1. The molecule has 1 N–H and O–H groups in total. The lowest BCUT2D eigenvalue weighted by Gasteiger charge is -2.08. The molecule has 7 heteroatoms. The quantitative estimate of drug-likeness (QED) is 0.703. The molecule has 7 nitrogen and oxygen atoms in total. The fourth-order valence-corrected chi connectivity index (χ4v) is 2.76. The molecule has 1 aromatic carbocycles. The fourth-order valence-electron chi connectivity index (χ4n) is 2.76. The number of hydrogen-bond acceptors (Lipinski definition) is 4. The van der Waals surface area contributed by atoms with E-state index in [1.165, 1.54) is 4.57 Å². The number of aromatic nitrogens is 5. The van der Waals surface area contributed by atoms with Crippen LogP contribution in [-0.2, 0) is 19.5 Å². The van der Waals surface area contributed by atoms with Crippen molar-refractivity contribution in [2.45, 2.75) is 46.2 Å². The largest absolute Gasteiger partial charge is 0.328 e. The first-order chi connectivity index (χ1) is 12.6. The molecule has 0 spiro atoms. The fraction of sp³-hybridized carbons (Fsp3) is 0.368. The van der Waals surface area contributed by atoms with Gasteiger partial charge in [-0.25, -0.2) is 14.5 Å². The Morgan fingerprint density at radius 3 is 2.62 bits per heavy atom. The van der Waals surface area contributed by atoms with Crippen molar-refractivity contribution in [3.05, 3.63) is 80.1 Å². The molecular formula is C19H23N5O2. The van der Waals surface area contributed by atoms with Gasteiger partial charge in [0, 0.05) is 18.2 Å². The maximum atomic E-state index is 12.1. The van der Waals surface area contributed by atoms with Crippen LogP contribution in [-0.4, -0.2) is 24.3 Å². The molecule has 0 unspecified atom stereocenters. The van der Waals surface area contributed by atoms with E-state index >= 15 is 0 Å². The van der Waals surface area contributed by atoms with Crippen LogP contribution < -0.4 is 11.2 Å². The normalized spacial score (nSPS) is 11.0. The van der Waals surface area contributed by atoms with Gasteiger partial charge in [0.2, 0.25) is 0 Å². The van der Waals surface area contributed by atoms with Gasteiger partial charge in [0.1, 0.15) is 5.82 Å². The highest BCUT2D eigenvalue weighted by molar-refractivity contribution is 5.15. The summed E-state index contributed by atoms with van der Waals surface area (Å²) in [6, 6.07) is 10.0. The van der Waals surface area contributed by atoms with Gasteiger partial charge >= 0.3 is 5.69 Å². The lowest BCUT2D eigenvalue weighted by molar-refractivity contribution is 0.589. The highest BCUT2D eigenvalue weighted by atomic mass is 16.2. The maximum absolute atomic E-state index is 12.1. The number of nitrogens with one attached hydrogen (secondary N) is 1. The summed E-state index contributed by atoms with van der Waals surface area (Å²) in [4.78, 5) is 30.6. The van der Waals surface area contributed by atoms with Gasteiger partial charge in [0.25, 0.3) is 5.56 Å². The molecule has 0 saturated heterocycles. The molecule has 26 heavy (non-hydrogen) atoms. The number of rotatable bonds is 7.